The van der Waals surface area contributed by atoms with Gasteiger partial charge in [-0.1, -0.05) is 80.8 Å². The second kappa shape index (κ2) is 5.89. The SMILES string of the molecule is CCC(CC)C1C(C)=Cc2ccc(-c3ccccc3)cc21. The van der Waals surface area contributed by atoms with E-state index < -0.39 is 0 Å². The largest absolute Gasteiger partial charge is 0.0651 e. The Morgan fingerprint density at radius 1 is 0.905 bits per heavy atom. The molecule has 0 aromatic heterocycles. The quantitative estimate of drug-likeness (QED) is 0.615. The molecule has 3 rings (SSSR count). The Balaban J connectivity index is 2.04. The molecule has 0 saturated heterocycles. The molecule has 0 aliphatic heterocycles. The Morgan fingerprint density at radius 2 is 1.62 bits per heavy atom. The zero-order valence-electron chi connectivity index (χ0n) is 13.3. The van der Waals surface area contributed by atoms with Gasteiger partial charge in [-0.05, 0) is 41.2 Å². The molecule has 108 valence electrons. The maximum absolute atomic E-state index is 2.42. The van der Waals surface area contributed by atoms with E-state index in [-0.39, 0.29) is 0 Å². The number of hydrogen-bond acceptors (Lipinski definition) is 0. The summed E-state index contributed by atoms with van der Waals surface area (Å²) < 4.78 is 0. The first-order chi connectivity index (χ1) is 10.2. The van der Waals surface area contributed by atoms with Crippen molar-refractivity contribution in [3.05, 3.63) is 65.2 Å². The molecule has 0 heterocycles. The van der Waals surface area contributed by atoms with Crippen molar-refractivity contribution < 1.29 is 0 Å². The normalized spacial score (nSPS) is 17.0. The van der Waals surface area contributed by atoms with Crippen molar-refractivity contribution in [3.63, 3.8) is 0 Å². The molecule has 1 atom stereocenters. The van der Waals surface area contributed by atoms with Gasteiger partial charge in [-0.3, -0.25) is 0 Å². The van der Waals surface area contributed by atoms with E-state index in [0.717, 1.165) is 5.92 Å². The van der Waals surface area contributed by atoms with Gasteiger partial charge in [0, 0.05) is 5.92 Å². The van der Waals surface area contributed by atoms with Crippen molar-refractivity contribution in [3.8, 4) is 11.1 Å². The number of hydrogen-bond donors (Lipinski definition) is 0. The van der Waals surface area contributed by atoms with E-state index in [4.69, 9.17) is 0 Å². The van der Waals surface area contributed by atoms with E-state index in [0.29, 0.717) is 5.92 Å². The fraction of sp³-hybridized carbons (Fsp3) is 0.333. The summed E-state index contributed by atoms with van der Waals surface area (Å²) in [7, 11) is 0. The van der Waals surface area contributed by atoms with E-state index in [1.54, 1.807) is 0 Å². The summed E-state index contributed by atoms with van der Waals surface area (Å²) in [6.07, 6.45) is 4.88. The van der Waals surface area contributed by atoms with Gasteiger partial charge >= 0.3 is 0 Å². The monoisotopic (exact) mass is 276 g/mol. The Morgan fingerprint density at radius 3 is 2.29 bits per heavy atom. The van der Waals surface area contributed by atoms with Crippen LogP contribution in [0.3, 0.4) is 0 Å². The molecule has 0 fully saturated rings. The smallest absolute Gasteiger partial charge is 0.00829 e. The minimum atomic E-state index is 0.610. The summed E-state index contributed by atoms with van der Waals surface area (Å²) in [6.45, 7) is 6.94. The van der Waals surface area contributed by atoms with Crippen LogP contribution in [0.2, 0.25) is 0 Å². The van der Waals surface area contributed by atoms with E-state index >= 15 is 0 Å². The molecule has 0 amide bonds. The molecule has 0 saturated carbocycles. The average Bonchev–Trinajstić information content (AvgIpc) is 2.85. The molecule has 0 radical (unpaired) electrons. The summed E-state index contributed by atoms with van der Waals surface area (Å²) in [5, 5.41) is 0. The lowest BCUT2D eigenvalue weighted by molar-refractivity contribution is 0.438. The molecule has 1 unspecified atom stereocenters. The predicted octanol–water partition coefficient (Wildman–Crippen LogP) is 6.29. The second-order valence-electron chi connectivity index (χ2n) is 6.15. The molecular formula is C21H24. The summed E-state index contributed by atoms with van der Waals surface area (Å²) in [5.74, 6) is 1.37. The molecule has 0 nitrogen and oxygen atoms in total. The average molecular weight is 276 g/mol. The third-order valence-electron chi connectivity index (χ3n) is 4.92. The van der Waals surface area contributed by atoms with Gasteiger partial charge in [-0.25, -0.2) is 0 Å². The summed E-state index contributed by atoms with van der Waals surface area (Å²) >= 11 is 0. The lowest BCUT2D eigenvalue weighted by Crippen LogP contribution is -2.11. The first-order valence-corrected chi connectivity index (χ1v) is 8.12. The van der Waals surface area contributed by atoms with E-state index in [1.165, 1.54) is 40.7 Å². The van der Waals surface area contributed by atoms with E-state index in [9.17, 15) is 0 Å². The fourth-order valence-corrected chi connectivity index (χ4v) is 3.75. The Kier molecular flexibility index (Phi) is 3.96. The highest BCUT2D eigenvalue weighted by Gasteiger charge is 2.28. The molecular weight excluding hydrogens is 252 g/mol. The van der Waals surface area contributed by atoms with Crippen LogP contribution in [0.1, 0.15) is 50.7 Å². The molecule has 0 bridgehead atoms. The molecule has 0 heteroatoms. The van der Waals surface area contributed by atoms with Crippen LogP contribution in [-0.2, 0) is 0 Å². The van der Waals surface area contributed by atoms with Gasteiger partial charge in [-0.2, -0.15) is 0 Å². The van der Waals surface area contributed by atoms with Crippen molar-refractivity contribution in [2.45, 2.75) is 39.5 Å². The third kappa shape index (κ3) is 2.55. The third-order valence-corrected chi connectivity index (χ3v) is 4.92. The van der Waals surface area contributed by atoms with E-state index in [1.807, 2.05) is 0 Å². The Hall–Kier alpha value is -1.82. The van der Waals surface area contributed by atoms with Crippen LogP contribution >= 0.6 is 0 Å². The molecule has 2 aromatic carbocycles. The van der Waals surface area contributed by atoms with Crippen molar-refractivity contribution in [1.82, 2.24) is 0 Å². The topological polar surface area (TPSA) is 0 Å². The van der Waals surface area contributed by atoms with E-state index in [2.05, 4.69) is 75.4 Å². The van der Waals surface area contributed by atoms with Crippen molar-refractivity contribution >= 4 is 6.08 Å². The number of benzene rings is 2. The van der Waals surface area contributed by atoms with Crippen LogP contribution in [0.4, 0.5) is 0 Å². The first kappa shape index (κ1) is 14.1. The van der Waals surface area contributed by atoms with Gasteiger partial charge in [0.15, 0.2) is 0 Å². The summed E-state index contributed by atoms with van der Waals surface area (Å²) in [5.41, 5.74) is 7.14. The van der Waals surface area contributed by atoms with Gasteiger partial charge in [0.05, 0.1) is 0 Å². The van der Waals surface area contributed by atoms with Gasteiger partial charge in [-0.15, -0.1) is 0 Å². The molecule has 0 N–H and O–H groups in total. The Labute approximate surface area is 128 Å². The first-order valence-electron chi connectivity index (χ1n) is 8.12. The highest BCUT2D eigenvalue weighted by Crippen LogP contribution is 2.44. The van der Waals surface area contributed by atoms with Crippen LogP contribution in [0, 0.1) is 5.92 Å². The van der Waals surface area contributed by atoms with Crippen LogP contribution in [0.15, 0.2) is 54.1 Å². The Bertz CT molecular complexity index is 645. The zero-order chi connectivity index (χ0) is 14.8. The molecule has 2 aromatic rings. The number of rotatable bonds is 4. The van der Waals surface area contributed by atoms with Crippen molar-refractivity contribution in [2.24, 2.45) is 5.92 Å². The van der Waals surface area contributed by atoms with Crippen LogP contribution in [0.5, 0.6) is 0 Å². The minimum absolute atomic E-state index is 0.610. The maximum Gasteiger partial charge on any atom is 0.00829 e. The maximum atomic E-state index is 2.42. The molecule has 21 heavy (non-hydrogen) atoms. The zero-order valence-corrected chi connectivity index (χ0v) is 13.3. The minimum Gasteiger partial charge on any atom is -0.0651 e. The summed E-state index contributed by atoms with van der Waals surface area (Å²) in [6, 6.07) is 17.7. The van der Waals surface area contributed by atoms with Gasteiger partial charge < -0.3 is 0 Å². The van der Waals surface area contributed by atoms with Crippen LogP contribution in [-0.4, -0.2) is 0 Å². The molecule has 0 spiro atoms. The summed E-state index contributed by atoms with van der Waals surface area (Å²) in [4.78, 5) is 0. The highest BCUT2D eigenvalue weighted by molar-refractivity contribution is 5.73. The van der Waals surface area contributed by atoms with Gasteiger partial charge in [0.25, 0.3) is 0 Å². The van der Waals surface area contributed by atoms with Crippen molar-refractivity contribution in [2.75, 3.05) is 0 Å². The lowest BCUT2D eigenvalue weighted by Gasteiger charge is -2.24. The predicted molar refractivity (Wildman–Crippen MR) is 92.3 cm³/mol. The number of allylic oxidation sites excluding steroid dienone is 1. The molecule has 1 aliphatic carbocycles. The second-order valence-corrected chi connectivity index (χ2v) is 6.15. The van der Waals surface area contributed by atoms with Gasteiger partial charge in [0.2, 0.25) is 0 Å². The lowest BCUT2D eigenvalue weighted by atomic mass is 9.80. The molecule has 1 aliphatic rings. The fourth-order valence-electron chi connectivity index (χ4n) is 3.75. The standard InChI is InChI=1S/C21H24/c1-4-16(5-2)21-15(3)13-19-12-11-18(14-20(19)21)17-9-7-6-8-10-17/h6-14,16,21H,4-5H2,1-3H3. The van der Waals surface area contributed by atoms with Gasteiger partial charge in [0.1, 0.15) is 0 Å². The highest BCUT2D eigenvalue weighted by atomic mass is 14.3. The van der Waals surface area contributed by atoms with Crippen LogP contribution < -0.4 is 0 Å². The van der Waals surface area contributed by atoms with Crippen molar-refractivity contribution in [1.29, 1.82) is 0 Å². The van der Waals surface area contributed by atoms with Crippen LogP contribution in [0.25, 0.3) is 17.2 Å². The number of fused-ring (bicyclic) bond motifs is 1.